The lowest BCUT2D eigenvalue weighted by Crippen LogP contribution is -2.22. The third-order valence-corrected chi connectivity index (χ3v) is 6.32. The highest BCUT2D eigenvalue weighted by atomic mass is 127. The molecule has 0 amide bonds. The van der Waals surface area contributed by atoms with Crippen LogP contribution in [0, 0.1) is 3.57 Å². The third kappa shape index (κ3) is 5.63. The van der Waals surface area contributed by atoms with Gasteiger partial charge in [-0.15, -0.1) is 0 Å². The molecule has 0 saturated heterocycles. The van der Waals surface area contributed by atoms with E-state index in [1.165, 1.54) is 0 Å². The SMILES string of the molecule is C[Si](C)(C)CCOCn1cnc2c(OCc3cccc(I)c3)nc(N)nc21. The van der Waals surface area contributed by atoms with Crippen molar-refractivity contribution in [3.63, 3.8) is 0 Å². The van der Waals surface area contributed by atoms with E-state index in [0.717, 1.165) is 21.8 Å². The number of imidazole rings is 1. The zero-order chi connectivity index (χ0) is 19.4. The van der Waals surface area contributed by atoms with E-state index in [4.69, 9.17) is 15.2 Å². The van der Waals surface area contributed by atoms with Gasteiger partial charge in [0.15, 0.2) is 11.2 Å². The normalized spacial score (nSPS) is 11.9. The van der Waals surface area contributed by atoms with Crippen LogP contribution < -0.4 is 10.5 Å². The van der Waals surface area contributed by atoms with Gasteiger partial charge in [-0.2, -0.15) is 9.97 Å². The molecule has 0 fully saturated rings. The Balaban J connectivity index is 1.72. The number of nitrogens with zero attached hydrogens (tertiary/aromatic N) is 4. The van der Waals surface area contributed by atoms with Crippen LogP contribution in [0.5, 0.6) is 5.88 Å². The van der Waals surface area contributed by atoms with Crippen molar-refractivity contribution < 1.29 is 9.47 Å². The van der Waals surface area contributed by atoms with Crippen LogP contribution in [0.1, 0.15) is 5.56 Å². The summed E-state index contributed by atoms with van der Waals surface area (Å²) in [6.07, 6.45) is 1.69. The molecule has 2 N–H and O–H groups in total. The Kier molecular flexibility index (Phi) is 6.32. The lowest BCUT2D eigenvalue weighted by molar-refractivity contribution is 0.0895. The highest BCUT2D eigenvalue weighted by Crippen LogP contribution is 2.23. The number of ether oxygens (including phenoxy) is 2. The second-order valence-electron chi connectivity index (χ2n) is 7.54. The molecule has 1 aromatic carbocycles. The van der Waals surface area contributed by atoms with Crippen molar-refractivity contribution in [2.75, 3.05) is 12.3 Å². The molecular weight excluding hydrogens is 473 g/mol. The van der Waals surface area contributed by atoms with Gasteiger partial charge in [-0.25, -0.2) is 4.98 Å². The summed E-state index contributed by atoms with van der Waals surface area (Å²) in [5, 5.41) is 0. The van der Waals surface area contributed by atoms with E-state index in [0.29, 0.717) is 30.4 Å². The molecular formula is C18H24IN5O2Si. The van der Waals surface area contributed by atoms with Crippen molar-refractivity contribution in [1.29, 1.82) is 0 Å². The molecule has 0 radical (unpaired) electrons. The van der Waals surface area contributed by atoms with Gasteiger partial charge in [0.1, 0.15) is 13.3 Å². The summed E-state index contributed by atoms with van der Waals surface area (Å²) in [5.74, 6) is 0.543. The minimum atomic E-state index is -1.11. The molecule has 144 valence electrons. The fourth-order valence-corrected chi connectivity index (χ4v) is 3.81. The number of nitrogen functional groups attached to an aromatic ring is 1. The number of anilines is 1. The number of hydrogen-bond acceptors (Lipinski definition) is 6. The average molecular weight is 497 g/mol. The molecule has 0 aliphatic rings. The number of rotatable bonds is 8. The molecule has 7 nitrogen and oxygen atoms in total. The molecule has 0 spiro atoms. The van der Waals surface area contributed by atoms with E-state index in [1.54, 1.807) is 6.33 Å². The Labute approximate surface area is 173 Å². The molecule has 27 heavy (non-hydrogen) atoms. The van der Waals surface area contributed by atoms with E-state index in [2.05, 4.69) is 63.3 Å². The Morgan fingerprint density at radius 3 is 2.78 bits per heavy atom. The topological polar surface area (TPSA) is 88.1 Å². The van der Waals surface area contributed by atoms with Gasteiger partial charge in [-0.1, -0.05) is 31.8 Å². The minimum Gasteiger partial charge on any atom is -0.471 e. The zero-order valence-corrected chi connectivity index (χ0v) is 18.9. The molecule has 0 atom stereocenters. The number of hydrogen-bond donors (Lipinski definition) is 1. The predicted octanol–water partition coefficient (Wildman–Crippen LogP) is 3.90. The highest BCUT2D eigenvalue weighted by molar-refractivity contribution is 14.1. The van der Waals surface area contributed by atoms with E-state index in [1.807, 2.05) is 22.8 Å². The summed E-state index contributed by atoms with van der Waals surface area (Å²) in [5.41, 5.74) is 8.14. The molecule has 2 aromatic heterocycles. The maximum Gasteiger partial charge on any atom is 0.247 e. The summed E-state index contributed by atoms with van der Waals surface area (Å²) >= 11 is 2.27. The zero-order valence-electron chi connectivity index (χ0n) is 15.8. The number of aromatic nitrogens is 4. The largest absolute Gasteiger partial charge is 0.471 e. The molecule has 3 aromatic rings. The number of benzene rings is 1. The second kappa shape index (κ2) is 8.53. The first-order valence-electron chi connectivity index (χ1n) is 8.75. The molecule has 0 unspecified atom stereocenters. The summed E-state index contributed by atoms with van der Waals surface area (Å²) in [7, 11) is -1.11. The summed E-state index contributed by atoms with van der Waals surface area (Å²) in [6.45, 7) is 8.48. The van der Waals surface area contributed by atoms with Gasteiger partial charge < -0.3 is 15.2 Å². The van der Waals surface area contributed by atoms with Crippen molar-refractivity contribution in [2.45, 2.75) is 39.0 Å². The van der Waals surface area contributed by atoms with Gasteiger partial charge in [0.25, 0.3) is 0 Å². The Hall–Kier alpha value is -1.72. The average Bonchev–Trinajstić information content (AvgIpc) is 2.99. The Bertz CT molecular complexity index is 926. The van der Waals surface area contributed by atoms with Crippen LogP contribution in [0.3, 0.4) is 0 Å². The van der Waals surface area contributed by atoms with Crippen LogP contribution in [0.25, 0.3) is 11.2 Å². The summed E-state index contributed by atoms with van der Waals surface area (Å²) in [4.78, 5) is 12.9. The smallest absolute Gasteiger partial charge is 0.247 e. The first kappa shape index (κ1) is 20.0. The fraction of sp³-hybridized carbons (Fsp3) is 0.389. The highest BCUT2D eigenvalue weighted by Gasteiger charge is 2.15. The van der Waals surface area contributed by atoms with Gasteiger partial charge in [-0.05, 0) is 46.3 Å². The fourth-order valence-electron chi connectivity index (χ4n) is 2.45. The van der Waals surface area contributed by atoms with E-state index >= 15 is 0 Å². The van der Waals surface area contributed by atoms with Crippen LogP contribution in [0.15, 0.2) is 30.6 Å². The van der Waals surface area contributed by atoms with Crippen molar-refractivity contribution >= 4 is 47.8 Å². The molecule has 9 heteroatoms. The third-order valence-electron chi connectivity index (χ3n) is 3.94. The van der Waals surface area contributed by atoms with Crippen molar-refractivity contribution in [2.24, 2.45) is 0 Å². The van der Waals surface area contributed by atoms with Crippen LogP contribution in [0.2, 0.25) is 25.7 Å². The van der Waals surface area contributed by atoms with Crippen molar-refractivity contribution in [1.82, 2.24) is 19.5 Å². The molecule has 0 bridgehead atoms. The van der Waals surface area contributed by atoms with Crippen LogP contribution in [-0.4, -0.2) is 34.2 Å². The van der Waals surface area contributed by atoms with E-state index in [-0.39, 0.29) is 5.95 Å². The van der Waals surface area contributed by atoms with Crippen molar-refractivity contribution in [3.8, 4) is 5.88 Å². The van der Waals surface area contributed by atoms with E-state index in [9.17, 15) is 0 Å². The van der Waals surface area contributed by atoms with Gasteiger partial charge in [0, 0.05) is 18.3 Å². The summed E-state index contributed by atoms with van der Waals surface area (Å²) in [6, 6.07) is 9.22. The maximum atomic E-state index is 5.88. The van der Waals surface area contributed by atoms with Crippen LogP contribution >= 0.6 is 22.6 Å². The quantitative estimate of drug-likeness (QED) is 0.289. The molecule has 0 aliphatic heterocycles. The van der Waals surface area contributed by atoms with Gasteiger partial charge >= 0.3 is 0 Å². The van der Waals surface area contributed by atoms with Crippen molar-refractivity contribution in [3.05, 3.63) is 39.7 Å². The first-order valence-corrected chi connectivity index (χ1v) is 13.5. The van der Waals surface area contributed by atoms with E-state index < -0.39 is 8.07 Å². The van der Waals surface area contributed by atoms with Gasteiger partial charge in [0.2, 0.25) is 11.8 Å². The molecule has 2 heterocycles. The Morgan fingerprint density at radius 2 is 2.04 bits per heavy atom. The van der Waals surface area contributed by atoms with Gasteiger partial charge in [-0.3, -0.25) is 4.57 Å². The number of halogens is 1. The number of fused-ring (bicyclic) bond motifs is 1. The van der Waals surface area contributed by atoms with Crippen LogP contribution in [-0.2, 0) is 18.1 Å². The first-order chi connectivity index (χ1) is 12.8. The standard InChI is InChI=1S/C18H24IN5O2Si/c1-27(2,3)8-7-25-12-24-11-21-15-16(24)22-18(20)23-17(15)26-10-13-5-4-6-14(19)9-13/h4-6,9,11H,7-8,10,12H2,1-3H3,(H2,20,22,23). The van der Waals surface area contributed by atoms with Gasteiger partial charge in [0.05, 0.1) is 6.33 Å². The van der Waals surface area contributed by atoms with Crippen LogP contribution in [0.4, 0.5) is 5.95 Å². The summed E-state index contributed by atoms with van der Waals surface area (Å²) < 4.78 is 14.7. The maximum absolute atomic E-state index is 5.88. The monoisotopic (exact) mass is 497 g/mol. The lowest BCUT2D eigenvalue weighted by atomic mass is 10.2. The molecule has 0 saturated carbocycles. The lowest BCUT2D eigenvalue weighted by Gasteiger charge is -2.15. The molecule has 3 rings (SSSR count). The minimum absolute atomic E-state index is 0.156. The predicted molar refractivity (Wildman–Crippen MR) is 117 cm³/mol. The second-order valence-corrected chi connectivity index (χ2v) is 14.4. The Morgan fingerprint density at radius 1 is 1.22 bits per heavy atom. The number of nitrogens with two attached hydrogens (primary N) is 1. The molecule has 0 aliphatic carbocycles.